The summed E-state index contributed by atoms with van der Waals surface area (Å²) in [6.45, 7) is 6.98. The molecule has 0 bridgehead atoms. The minimum atomic E-state index is 0.209. The van der Waals surface area contributed by atoms with Crippen molar-refractivity contribution in [3.63, 3.8) is 0 Å². The van der Waals surface area contributed by atoms with Gasteiger partial charge in [-0.3, -0.25) is 4.48 Å². The predicted molar refractivity (Wildman–Crippen MR) is 115 cm³/mol. The molecule has 2 unspecified atom stereocenters. The summed E-state index contributed by atoms with van der Waals surface area (Å²) in [7, 11) is 3.98. The summed E-state index contributed by atoms with van der Waals surface area (Å²) in [5, 5.41) is 3.45. The highest BCUT2D eigenvalue weighted by Crippen LogP contribution is 2.45. The summed E-state index contributed by atoms with van der Waals surface area (Å²) >= 11 is 0. The molecule has 148 valence electrons. The SMILES string of the molecule is CCN1c2cc(OC)ccc2[N+](C)(CC)C1CNc1nc2cc[nH]c2nc1N. The summed E-state index contributed by atoms with van der Waals surface area (Å²) in [5.41, 5.74) is 10.2. The fraction of sp³-hybridized carbons (Fsp3) is 0.400. The van der Waals surface area contributed by atoms with E-state index in [1.54, 1.807) is 7.11 Å². The van der Waals surface area contributed by atoms with E-state index in [0.717, 1.165) is 28.8 Å². The fourth-order valence-electron chi connectivity index (χ4n) is 4.20. The summed E-state index contributed by atoms with van der Waals surface area (Å²) in [4.78, 5) is 14.5. The number of aromatic nitrogens is 3. The Balaban J connectivity index is 1.66. The average Bonchev–Trinajstić information content (AvgIpc) is 3.25. The zero-order chi connectivity index (χ0) is 19.9. The van der Waals surface area contributed by atoms with Crippen LogP contribution in [0.5, 0.6) is 5.75 Å². The van der Waals surface area contributed by atoms with Crippen molar-refractivity contribution < 1.29 is 4.74 Å². The smallest absolute Gasteiger partial charge is 0.187 e. The highest BCUT2D eigenvalue weighted by molar-refractivity contribution is 5.78. The highest BCUT2D eigenvalue weighted by atomic mass is 16.5. The van der Waals surface area contributed by atoms with Crippen molar-refractivity contribution in [3.05, 3.63) is 30.5 Å². The first-order valence-electron chi connectivity index (χ1n) is 9.66. The number of hydrogen-bond donors (Lipinski definition) is 3. The molecule has 0 saturated carbocycles. The Labute approximate surface area is 164 Å². The quantitative estimate of drug-likeness (QED) is 0.568. The number of methoxy groups -OCH3 is 1. The molecule has 2 aromatic heterocycles. The number of likely N-dealkylation sites (N-methyl/N-ethyl adjacent to an activating group) is 2. The van der Waals surface area contributed by atoms with Gasteiger partial charge in [0.2, 0.25) is 0 Å². The molecule has 4 rings (SSSR count). The summed E-state index contributed by atoms with van der Waals surface area (Å²) < 4.78 is 6.27. The number of fused-ring (bicyclic) bond motifs is 2. The molecule has 8 heteroatoms. The maximum Gasteiger partial charge on any atom is 0.187 e. The number of nitrogen functional groups attached to an aromatic ring is 1. The second-order valence-electron chi connectivity index (χ2n) is 7.26. The number of nitrogens with zero attached hydrogens (tertiary/aromatic N) is 4. The zero-order valence-corrected chi connectivity index (χ0v) is 16.9. The van der Waals surface area contributed by atoms with Crippen LogP contribution in [0.25, 0.3) is 11.2 Å². The molecule has 0 radical (unpaired) electrons. The van der Waals surface area contributed by atoms with Gasteiger partial charge < -0.3 is 25.7 Å². The van der Waals surface area contributed by atoms with Gasteiger partial charge in [-0.25, -0.2) is 9.97 Å². The molecule has 8 nitrogen and oxygen atoms in total. The number of nitrogens with two attached hydrogens (primary N) is 1. The molecule has 1 aliphatic rings. The largest absolute Gasteiger partial charge is 0.497 e. The number of hydrogen-bond acceptors (Lipinski definition) is 6. The van der Waals surface area contributed by atoms with Crippen LogP contribution in [0.15, 0.2) is 30.5 Å². The van der Waals surface area contributed by atoms with Gasteiger partial charge in [-0.2, -0.15) is 0 Å². The van der Waals surface area contributed by atoms with Crippen LogP contribution in [0.3, 0.4) is 0 Å². The van der Waals surface area contributed by atoms with Gasteiger partial charge in [-0.1, -0.05) is 0 Å². The molecule has 0 amide bonds. The van der Waals surface area contributed by atoms with E-state index in [4.69, 9.17) is 10.5 Å². The molecule has 2 atom stereocenters. The third-order valence-corrected chi connectivity index (χ3v) is 5.92. The van der Waals surface area contributed by atoms with Crippen LogP contribution in [0.4, 0.5) is 23.0 Å². The molecule has 0 spiro atoms. The minimum absolute atomic E-state index is 0.209. The van der Waals surface area contributed by atoms with Crippen LogP contribution in [0.1, 0.15) is 13.8 Å². The Bertz CT molecular complexity index is 1000. The van der Waals surface area contributed by atoms with Gasteiger partial charge in [0.05, 0.1) is 27.2 Å². The number of quaternary nitrogens is 1. The normalized spacial score (nSPS) is 21.1. The van der Waals surface area contributed by atoms with Gasteiger partial charge in [0.25, 0.3) is 0 Å². The van der Waals surface area contributed by atoms with E-state index in [9.17, 15) is 0 Å². The van der Waals surface area contributed by atoms with E-state index >= 15 is 0 Å². The molecule has 0 aliphatic carbocycles. The van der Waals surface area contributed by atoms with Crippen LogP contribution in [0, 0.1) is 0 Å². The van der Waals surface area contributed by atoms with Crippen LogP contribution in [-0.4, -0.2) is 54.9 Å². The lowest BCUT2D eigenvalue weighted by atomic mass is 10.2. The Kier molecular flexibility index (Phi) is 4.50. The van der Waals surface area contributed by atoms with Gasteiger partial charge in [0, 0.05) is 24.9 Å². The Morgan fingerprint density at radius 1 is 1.29 bits per heavy atom. The van der Waals surface area contributed by atoms with E-state index in [2.05, 4.69) is 58.2 Å². The number of benzene rings is 1. The number of nitrogens with one attached hydrogen (secondary N) is 2. The standard InChI is InChI=1S/C20H28N7O/c1-5-26-15-11-13(28-4)7-8-16(15)27(3,6-2)17(26)12-23-20-18(21)25-19-14(24-20)9-10-22-19/h7-11,17H,5-6,12H2,1-4H3,(H,23,24)(H3,21,22,25)/q+1. The van der Waals surface area contributed by atoms with Crippen molar-refractivity contribution in [1.82, 2.24) is 19.4 Å². The van der Waals surface area contributed by atoms with Crippen molar-refractivity contribution in [2.24, 2.45) is 0 Å². The van der Waals surface area contributed by atoms with Crippen molar-refractivity contribution >= 4 is 34.2 Å². The van der Waals surface area contributed by atoms with Crippen LogP contribution < -0.4 is 25.2 Å². The van der Waals surface area contributed by atoms with Crippen molar-refractivity contribution in [3.8, 4) is 5.75 Å². The molecule has 3 heterocycles. The highest BCUT2D eigenvalue weighted by Gasteiger charge is 2.47. The van der Waals surface area contributed by atoms with Crippen molar-refractivity contribution in [2.75, 3.05) is 49.7 Å². The first kappa shape index (κ1) is 18.4. The van der Waals surface area contributed by atoms with E-state index < -0.39 is 0 Å². The Morgan fingerprint density at radius 2 is 2.11 bits per heavy atom. The average molecular weight is 382 g/mol. The minimum Gasteiger partial charge on any atom is -0.497 e. The number of ether oxygens (including phenoxy) is 1. The number of aromatic amines is 1. The Hall–Kier alpha value is -3.00. The van der Waals surface area contributed by atoms with E-state index in [1.807, 2.05) is 18.3 Å². The summed E-state index contributed by atoms with van der Waals surface area (Å²) in [6.07, 6.45) is 2.03. The molecule has 3 aromatic rings. The van der Waals surface area contributed by atoms with Gasteiger partial charge in [0.15, 0.2) is 29.1 Å². The fourth-order valence-corrected chi connectivity index (χ4v) is 4.20. The topological polar surface area (TPSA) is 92.1 Å². The number of anilines is 3. The molecular weight excluding hydrogens is 354 g/mol. The molecule has 1 aliphatic heterocycles. The van der Waals surface area contributed by atoms with Gasteiger partial charge in [0.1, 0.15) is 17.0 Å². The molecule has 0 fully saturated rings. The van der Waals surface area contributed by atoms with Crippen molar-refractivity contribution in [2.45, 2.75) is 20.0 Å². The predicted octanol–water partition coefficient (Wildman–Crippen LogP) is 2.78. The molecule has 4 N–H and O–H groups in total. The molecule has 0 saturated heterocycles. The van der Waals surface area contributed by atoms with Crippen LogP contribution in [0.2, 0.25) is 0 Å². The van der Waals surface area contributed by atoms with Crippen LogP contribution >= 0.6 is 0 Å². The summed E-state index contributed by atoms with van der Waals surface area (Å²) in [6, 6.07) is 8.25. The first-order chi connectivity index (χ1) is 13.5. The molecular formula is C20H28N7O+. The third kappa shape index (κ3) is 2.72. The second kappa shape index (κ2) is 6.87. The number of rotatable bonds is 6. The van der Waals surface area contributed by atoms with E-state index in [1.165, 1.54) is 11.4 Å². The molecule has 28 heavy (non-hydrogen) atoms. The van der Waals surface area contributed by atoms with Gasteiger partial charge in [-0.05, 0) is 26.0 Å². The Morgan fingerprint density at radius 3 is 2.82 bits per heavy atom. The lowest BCUT2D eigenvalue weighted by molar-refractivity contribution is 0.278. The maximum absolute atomic E-state index is 6.13. The maximum atomic E-state index is 6.13. The zero-order valence-electron chi connectivity index (χ0n) is 16.9. The molecule has 1 aromatic carbocycles. The first-order valence-corrected chi connectivity index (χ1v) is 9.66. The lowest BCUT2D eigenvalue weighted by Gasteiger charge is -2.37. The van der Waals surface area contributed by atoms with E-state index in [-0.39, 0.29) is 6.17 Å². The lowest BCUT2D eigenvalue weighted by Crippen LogP contribution is -2.59. The van der Waals surface area contributed by atoms with Gasteiger partial charge >= 0.3 is 0 Å². The van der Waals surface area contributed by atoms with Gasteiger partial charge in [-0.15, -0.1) is 0 Å². The van der Waals surface area contributed by atoms with Crippen LogP contribution in [-0.2, 0) is 0 Å². The van der Waals surface area contributed by atoms with Crippen molar-refractivity contribution in [1.29, 1.82) is 0 Å². The third-order valence-electron chi connectivity index (χ3n) is 5.92. The summed E-state index contributed by atoms with van der Waals surface area (Å²) in [5.74, 6) is 1.90. The second-order valence-corrected chi connectivity index (χ2v) is 7.26. The van der Waals surface area contributed by atoms with E-state index in [0.29, 0.717) is 23.8 Å². The number of H-pyrrole nitrogens is 1. The monoisotopic (exact) mass is 382 g/mol.